The van der Waals surface area contributed by atoms with Crippen molar-refractivity contribution >= 4 is 5.91 Å². The molecule has 0 atom stereocenters. The molecule has 1 aromatic rings. The van der Waals surface area contributed by atoms with Crippen LogP contribution in [0, 0.1) is 0 Å². The summed E-state index contributed by atoms with van der Waals surface area (Å²) >= 11 is 0. The molecule has 1 amide bonds. The van der Waals surface area contributed by atoms with Crippen LogP contribution in [0.2, 0.25) is 0 Å². The first-order valence-corrected chi connectivity index (χ1v) is 7.59. The highest BCUT2D eigenvalue weighted by atomic mass is 16.5. The number of amides is 1. The summed E-state index contributed by atoms with van der Waals surface area (Å²) in [6, 6.07) is 8.12. The summed E-state index contributed by atoms with van der Waals surface area (Å²) in [6.45, 7) is 10.5. The standard InChI is InChI=1S/C17H27NO2/c1-5-18(6-2)17(19)12-9-13-20-16-11-8-7-10-15(16)14(3)4/h7-8,10-11,14H,5-6,9,12-13H2,1-4H3. The first kappa shape index (κ1) is 16.5. The molecule has 0 spiro atoms. The van der Waals surface area contributed by atoms with Crippen LogP contribution < -0.4 is 4.74 Å². The summed E-state index contributed by atoms with van der Waals surface area (Å²) in [7, 11) is 0. The molecule has 3 heteroatoms. The van der Waals surface area contributed by atoms with E-state index in [1.54, 1.807) is 0 Å². The minimum atomic E-state index is 0.218. The number of nitrogens with zero attached hydrogens (tertiary/aromatic N) is 1. The largest absolute Gasteiger partial charge is 0.493 e. The molecule has 20 heavy (non-hydrogen) atoms. The van der Waals surface area contributed by atoms with Crippen LogP contribution in [0.25, 0.3) is 0 Å². The topological polar surface area (TPSA) is 29.5 Å². The van der Waals surface area contributed by atoms with Gasteiger partial charge in [0.2, 0.25) is 5.91 Å². The maximum absolute atomic E-state index is 11.9. The van der Waals surface area contributed by atoms with E-state index in [-0.39, 0.29) is 5.91 Å². The highest BCUT2D eigenvalue weighted by Crippen LogP contribution is 2.25. The van der Waals surface area contributed by atoms with E-state index in [1.165, 1.54) is 5.56 Å². The minimum Gasteiger partial charge on any atom is -0.493 e. The molecule has 0 saturated carbocycles. The molecule has 1 aromatic carbocycles. The number of hydrogen-bond donors (Lipinski definition) is 0. The SMILES string of the molecule is CCN(CC)C(=O)CCCOc1ccccc1C(C)C. The lowest BCUT2D eigenvalue weighted by Gasteiger charge is -2.18. The van der Waals surface area contributed by atoms with Crippen LogP contribution in [0.1, 0.15) is 52.0 Å². The van der Waals surface area contributed by atoms with Gasteiger partial charge in [0.25, 0.3) is 0 Å². The van der Waals surface area contributed by atoms with Crippen LogP contribution in [-0.2, 0) is 4.79 Å². The Morgan fingerprint density at radius 1 is 1.20 bits per heavy atom. The van der Waals surface area contributed by atoms with E-state index in [0.717, 1.165) is 25.3 Å². The second kappa shape index (κ2) is 8.62. The lowest BCUT2D eigenvalue weighted by Crippen LogP contribution is -2.30. The number of carbonyl (C=O) groups is 1. The molecule has 1 rings (SSSR count). The second-order valence-electron chi connectivity index (χ2n) is 5.21. The van der Waals surface area contributed by atoms with Crippen molar-refractivity contribution < 1.29 is 9.53 Å². The van der Waals surface area contributed by atoms with Gasteiger partial charge in [-0.3, -0.25) is 4.79 Å². The average Bonchev–Trinajstić information content (AvgIpc) is 2.45. The molecule has 0 aliphatic carbocycles. The van der Waals surface area contributed by atoms with Gasteiger partial charge in [0, 0.05) is 19.5 Å². The van der Waals surface area contributed by atoms with Gasteiger partial charge in [0.15, 0.2) is 0 Å². The fourth-order valence-corrected chi connectivity index (χ4v) is 2.23. The Kier molecular flexibility index (Phi) is 7.13. The quantitative estimate of drug-likeness (QED) is 0.676. The summed E-state index contributed by atoms with van der Waals surface area (Å²) in [6.07, 6.45) is 1.33. The highest BCUT2D eigenvalue weighted by molar-refractivity contribution is 5.76. The number of rotatable bonds is 8. The number of ether oxygens (including phenoxy) is 1. The number of hydrogen-bond acceptors (Lipinski definition) is 2. The average molecular weight is 277 g/mol. The van der Waals surface area contributed by atoms with Crippen molar-refractivity contribution in [2.45, 2.75) is 46.5 Å². The fraction of sp³-hybridized carbons (Fsp3) is 0.588. The lowest BCUT2D eigenvalue weighted by molar-refractivity contribution is -0.131. The first-order chi connectivity index (χ1) is 9.60. The molecule has 3 nitrogen and oxygen atoms in total. The zero-order chi connectivity index (χ0) is 15.0. The van der Waals surface area contributed by atoms with Crippen LogP contribution in [0.3, 0.4) is 0 Å². The van der Waals surface area contributed by atoms with Gasteiger partial charge in [-0.25, -0.2) is 0 Å². The van der Waals surface area contributed by atoms with E-state index in [0.29, 0.717) is 18.9 Å². The smallest absolute Gasteiger partial charge is 0.222 e. The van der Waals surface area contributed by atoms with E-state index < -0.39 is 0 Å². The predicted molar refractivity (Wildman–Crippen MR) is 83.2 cm³/mol. The van der Waals surface area contributed by atoms with Gasteiger partial charge >= 0.3 is 0 Å². The number of benzene rings is 1. The molecule has 112 valence electrons. The van der Waals surface area contributed by atoms with Gasteiger partial charge in [-0.05, 0) is 37.8 Å². The Morgan fingerprint density at radius 2 is 1.85 bits per heavy atom. The molecular formula is C17H27NO2. The molecule has 0 bridgehead atoms. The second-order valence-corrected chi connectivity index (χ2v) is 5.21. The van der Waals surface area contributed by atoms with Crippen LogP contribution >= 0.6 is 0 Å². The maximum atomic E-state index is 11.9. The predicted octanol–water partition coefficient (Wildman–Crippen LogP) is 3.84. The molecule has 0 saturated heterocycles. The van der Waals surface area contributed by atoms with Crippen molar-refractivity contribution in [3.8, 4) is 5.75 Å². The van der Waals surface area contributed by atoms with Crippen molar-refractivity contribution in [1.82, 2.24) is 4.90 Å². The van der Waals surface area contributed by atoms with Crippen LogP contribution in [-0.4, -0.2) is 30.5 Å². The monoisotopic (exact) mass is 277 g/mol. The van der Waals surface area contributed by atoms with Gasteiger partial charge in [-0.1, -0.05) is 32.0 Å². The Hall–Kier alpha value is -1.51. The van der Waals surface area contributed by atoms with E-state index in [1.807, 2.05) is 36.9 Å². The van der Waals surface area contributed by atoms with E-state index in [9.17, 15) is 4.79 Å². The summed E-state index contributed by atoms with van der Waals surface area (Å²) in [4.78, 5) is 13.7. The molecular weight excluding hydrogens is 250 g/mol. The van der Waals surface area contributed by atoms with Crippen molar-refractivity contribution in [2.75, 3.05) is 19.7 Å². The maximum Gasteiger partial charge on any atom is 0.222 e. The molecule has 0 heterocycles. The first-order valence-electron chi connectivity index (χ1n) is 7.59. The molecule has 0 radical (unpaired) electrons. The molecule has 0 fully saturated rings. The Labute approximate surface area is 122 Å². The third-order valence-electron chi connectivity index (χ3n) is 3.45. The van der Waals surface area contributed by atoms with Crippen LogP contribution in [0.4, 0.5) is 0 Å². The summed E-state index contributed by atoms with van der Waals surface area (Å²) in [5, 5.41) is 0. The van der Waals surface area contributed by atoms with Gasteiger partial charge in [-0.15, -0.1) is 0 Å². The van der Waals surface area contributed by atoms with Gasteiger partial charge in [0.05, 0.1) is 6.61 Å². The van der Waals surface area contributed by atoms with E-state index >= 15 is 0 Å². The highest BCUT2D eigenvalue weighted by Gasteiger charge is 2.10. The van der Waals surface area contributed by atoms with Crippen LogP contribution in [0.5, 0.6) is 5.75 Å². The summed E-state index contributed by atoms with van der Waals surface area (Å²) in [5.74, 6) is 1.61. The molecule has 0 aromatic heterocycles. The zero-order valence-corrected chi connectivity index (χ0v) is 13.2. The Morgan fingerprint density at radius 3 is 2.45 bits per heavy atom. The minimum absolute atomic E-state index is 0.218. The van der Waals surface area contributed by atoms with Gasteiger partial charge < -0.3 is 9.64 Å². The number of carbonyl (C=O) groups excluding carboxylic acids is 1. The molecule has 0 unspecified atom stereocenters. The number of para-hydroxylation sites is 1. The van der Waals surface area contributed by atoms with Crippen molar-refractivity contribution in [3.05, 3.63) is 29.8 Å². The van der Waals surface area contributed by atoms with Crippen LogP contribution in [0.15, 0.2) is 24.3 Å². The van der Waals surface area contributed by atoms with Crippen molar-refractivity contribution in [3.63, 3.8) is 0 Å². The molecule has 0 N–H and O–H groups in total. The summed E-state index contributed by atoms with van der Waals surface area (Å²) < 4.78 is 5.83. The Balaban J connectivity index is 2.40. The third-order valence-corrected chi connectivity index (χ3v) is 3.45. The summed E-state index contributed by atoms with van der Waals surface area (Å²) in [5.41, 5.74) is 1.22. The normalized spacial score (nSPS) is 10.7. The van der Waals surface area contributed by atoms with Crippen molar-refractivity contribution in [1.29, 1.82) is 0 Å². The van der Waals surface area contributed by atoms with Crippen molar-refractivity contribution in [2.24, 2.45) is 0 Å². The van der Waals surface area contributed by atoms with Gasteiger partial charge in [-0.2, -0.15) is 0 Å². The van der Waals surface area contributed by atoms with E-state index in [4.69, 9.17) is 4.74 Å². The fourth-order valence-electron chi connectivity index (χ4n) is 2.23. The molecule has 0 aliphatic rings. The lowest BCUT2D eigenvalue weighted by atomic mass is 10.0. The zero-order valence-electron chi connectivity index (χ0n) is 13.2. The molecule has 0 aliphatic heterocycles. The third kappa shape index (κ3) is 4.87. The Bertz CT molecular complexity index is 411. The van der Waals surface area contributed by atoms with Gasteiger partial charge in [0.1, 0.15) is 5.75 Å². The van der Waals surface area contributed by atoms with E-state index in [2.05, 4.69) is 19.9 Å².